The number of carboxylic acids is 1. The van der Waals surface area contributed by atoms with E-state index >= 15 is 0 Å². The Labute approximate surface area is 161 Å². The van der Waals surface area contributed by atoms with E-state index in [-0.39, 0.29) is 16.2 Å². The Morgan fingerprint density at radius 1 is 1.27 bits per heavy atom. The van der Waals surface area contributed by atoms with Crippen LogP contribution >= 0.6 is 23.5 Å². The summed E-state index contributed by atoms with van der Waals surface area (Å²) < 4.78 is 5.35. The monoisotopic (exact) mass is 391 g/mol. The average molecular weight is 392 g/mol. The fraction of sp³-hybridized carbons (Fsp3) is 0.368. The van der Waals surface area contributed by atoms with Crippen LogP contribution in [0.4, 0.5) is 0 Å². The van der Waals surface area contributed by atoms with E-state index in [1.807, 2.05) is 40.9 Å². The van der Waals surface area contributed by atoms with Gasteiger partial charge in [-0.25, -0.2) is 4.79 Å². The van der Waals surface area contributed by atoms with Gasteiger partial charge in [-0.15, -0.1) is 11.8 Å². The highest BCUT2D eigenvalue weighted by Gasteiger charge is 2.31. The van der Waals surface area contributed by atoms with E-state index in [9.17, 15) is 14.7 Å². The standard InChI is InChI=1S/C19H21NO4S2/c1-19(2)12-20(8-10-26-19)17(21)14-5-3-4-6-16(14)25-11-15-13(18(22)23)7-9-24-15/h3-7,9H,8,10-12H2,1-2H3,(H,22,23). The third kappa shape index (κ3) is 4.27. The highest BCUT2D eigenvalue weighted by molar-refractivity contribution is 8.00. The van der Waals surface area contributed by atoms with Gasteiger partial charge in [0.1, 0.15) is 11.3 Å². The van der Waals surface area contributed by atoms with Crippen LogP contribution in [0.2, 0.25) is 0 Å². The van der Waals surface area contributed by atoms with Gasteiger partial charge in [-0.2, -0.15) is 11.8 Å². The van der Waals surface area contributed by atoms with E-state index in [2.05, 4.69) is 13.8 Å². The SMILES string of the molecule is CC1(C)CN(C(=O)c2ccccc2SCc2occc2C(=O)O)CCS1. The van der Waals surface area contributed by atoms with Crippen molar-refractivity contribution in [2.75, 3.05) is 18.8 Å². The first kappa shape index (κ1) is 18.9. The first-order valence-electron chi connectivity index (χ1n) is 8.32. The molecule has 0 radical (unpaired) electrons. The number of thioether (sulfide) groups is 2. The van der Waals surface area contributed by atoms with Crippen molar-refractivity contribution >= 4 is 35.4 Å². The molecule has 138 valence electrons. The maximum absolute atomic E-state index is 13.0. The molecule has 26 heavy (non-hydrogen) atoms. The van der Waals surface area contributed by atoms with Gasteiger partial charge in [-0.05, 0) is 32.0 Å². The number of hydrogen-bond donors (Lipinski definition) is 1. The van der Waals surface area contributed by atoms with Crippen LogP contribution in [0.1, 0.15) is 40.3 Å². The molecule has 0 spiro atoms. The highest BCUT2D eigenvalue weighted by atomic mass is 32.2. The Bertz CT molecular complexity index is 815. The number of furan rings is 1. The molecule has 0 saturated carbocycles. The van der Waals surface area contributed by atoms with Crippen molar-refractivity contribution in [2.24, 2.45) is 0 Å². The lowest BCUT2D eigenvalue weighted by Crippen LogP contribution is -2.46. The molecule has 2 aromatic rings. The zero-order valence-electron chi connectivity index (χ0n) is 14.7. The maximum Gasteiger partial charge on any atom is 0.339 e. The largest absolute Gasteiger partial charge is 0.478 e. The van der Waals surface area contributed by atoms with Gasteiger partial charge in [0, 0.05) is 28.5 Å². The number of amides is 1. The van der Waals surface area contributed by atoms with Gasteiger partial charge in [0.2, 0.25) is 0 Å². The lowest BCUT2D eigenvalue weighted by atomic mass is 10.1. The molecule has 1 saturated heterocycles. The van der Waals surface area contributed by atoms with Crippen LogP contribution in [0.5, 0.6) is 0 Å². The lowest BCUT2D eigenvalue weighted by Gasteiger charge is -2.37. The third-order valence-electron chi connectivity index (χ3n) is 4.16. The predicted octanol–water partition coefficient (Wildman–Crippen LogP) is 4.24. The Hall–Kier alpha value is -1.86. The molecular formula is C19H21NO4S2. The second-order valence-corrected chi connectivity index (χ2v) is 9.50. The van der Waals surface area contributed by atoms with E-state index in [1.54, 1.807) is 0 Å². The summed E-state index contributed by atoms with van der Waals surface area (Å²) in [7, 11) is 0. The molecule has 0 bridgehead atoms. The number of nitrogens with zero attached hydrogens (tertiary/aromatic N) is 1. The lowest BCUT2D eigenvalue weighted by molar-refractivity contribution is 0.0693. The summed E-state index contributed by atoms with van der Waals surface area (Å²) in [4.78, 5) is 27.0. The summed E-state index contributed by atoms with van der Waals surface area (Å²) in [6, 6.07) is 8.92. The molecule has 1 amide bonds. The Morgan fingerprint density at radius 3 is 2.77 bits per heavy atom. The zero-order valence-corrected chi connectivity index (χ0v) is 16.4. The van der Waals surface area contributed by atoms with Crippen molar-refractivity contribution in [2.45, 2.75) is 29.2 Å². The van der Waals surface area contributed by atoms with E-state index in [1.165, 1.54) is 24.1 Å². The summed E-state index contributed by atoms with van der Waals surface area (Å²) >= 11 is 3.31. The third-order valence-corrected chi connectivity index (χ3v) is 6.54. The van der Waals surface area contributed by atoms with Gasteiger partial charge >= 0.3 is 5.97 Å². The molecule has 1 aromatic heterocycles. The van der Waals surface area contributed by atoms with E-state index in [0.29, 0.717) is 17.1 Å². The quantitative estimate of drug-likeness (QED) is 0.769. The molecule has 0 aliphatic carbocycles. The van der Waals surface area contributed by atoms with Crippen LogP contribution in [0, 0.1) is 0 Å². The molecule has 0 atom stereocenters. The normalized spacial score (nSPS) is 16.5. The number of carbonyl (C=O) groups is 2. The minimum atomic E-state index is -1.01. The van der Waals surface area contributed by atoms with Gasteiger partial charge < -0.3 is 14.4 Å². The smallest absolute Gasteiger partial charge is 0.339 e. The van der Waals surface area contributed by atoms with E-state index < -0.39 is 5.97 Å². The van der Waals surface area contributed by atoms with Crippen molar-refractivity contribution in [3.63, 3.8) is 0 Å². The van der Waals surface area contributed by atoms with Crippen LogP contribution in [0.25, 0.3) is 0 Å². The molecule has 1 fully saturated rings. The van der Waals surface area contributed by atoms with Crippen molar-refractivity contribution in [3.8, 4) is 0 Å². The fourth-order valence-corrected chi connectivity index (χ4v) is 5.02. The number of rotatable bonds is 5. The van der Waals surface area contributed by atoms with Gasteiger partial charge in [0.15, 0.2) is 0 Å². The number of carbonyl (C=O) groups excluding carboxylic acids is 1. The molecule has 1 N–H and O–H groups in total. The average Bonchev–Trinajstić information content (AvgIpc) is 3.07. The Morgan fingerprint density at radius 2 is 2.04 bits per heavy atom. The number of carboxylic acid groups (broad SMARTS) is 1. The van der Waals surface area contributed by atoms with E-state index in [0.717, 1.165) is 23.7 Å². The summed E-state index contributed by atoms with van der Waals surface area (Å²) in [5, 5.41) is 9.18. The Kier molecular flexibility index (Phi) is 5.67. The van der Waals surface area contributed by atoms with Crippen molar-refractivity contribution in [3.05, 3.63) is 53.5 Å². The van der Waals surface area contributed by atoms with Gasteiger partial charge in [-0.3, -0.25) is 4.79 Å². The summed E-state index contributed by atoms with van der Waals surface area (Å²) in [6.45, 7) is 5.77. The fourth-order valence-electron chi connectivity index (χ4n) is 2.92. The predicted molar refractivity (Wildman–Crippen MR) is 104 cm³/mol. The number of benzene rings is 1. The Balaban J connectivity index is 1.76. The topological polar surface area (TPSA) is 70.8 Å². The zero-order chi connectivity index (χ0) is 18.7. The summed E-state index contributed by atoms with van der Waals surface area (Å²) in [5.74, 6) is 0.717. The second kappa shape index (κ2) is 7.80. The molecule has 7 heteroatoms. The highest BCUT2D eigenvalue weighted by Crippen LogP contribution is 2.33. The number of hydrogen-bond acceptors (Lipinski definition) is 5. The first-order valence-corrected chi connectivity index (χ1v) is 10.3. The summed E-state index contributed by atoms with van der Waals surface area (Å²) in [5.41, 5.74) is 0.819. The van der Waals surface area contributed by atoms with Crippen molar-refractivity contribution in [1.82, 2.24) is 4.90 Å². The molecule has 1 aliphatic rings. The minimum Gasteiger partial charge on any atom is -0.478 e. The number of aromatic carboxylic acids is 1. The van der Waals surface area contributed by atoms with Crippen molar-refractivity contribution in [1.29, 1.82) is 0 Å². The van der Waals surface area contributed by atoms with Gasteiger partial charge in [-0.1, -0.05) is 12.1 Å². The molecular weight excluding hydrogens is 370 g/mol. The maximum atomic E-state index is 13.0. The van der Waals surface area contributed by atoms with Gasteiger partial charge in [0.05, 0.1) is 17.6 Å². The van der Waals surface area contributed by atoms with Gasteiger partial charge in [0.25, 0.3) is 5.91 Å². The minimum absolute atomic E-state index is 0.0272. The van der Waals surface area contributed by atoms with Crippen molar-refractivity contribution < 1.29 is 19.1 Å². The van der Waals surface area contributed by atoms with Crippen LogP contribution in [0.3, 0.4) is 0 Å². The molecule has 1 aromatic carbocycles. The molecule has 2 heterocycles. The molecule has 5 nitrogen and oxygen atoms in total. The molecule has 1 aliphatic heterocycles. The molecule has 0 unspecified atom stereocenters. The van der Waals surface area contributed by atoms with Crippen LogP contribution in [0.15, 0.2) is 45.9 Å². The van der Waals surface area contributed by atoms with Crippen LogP contribution in [-0.2, 0) is 5.75 Å². The molecule has 3 rings (SSSR count). The summed E-state index contributed by atoms with van der Waals surface area (Å²) in [6.07, 6.45) is 1.38. The van der Waals surface area contributed by atoms with Crippen LogP contribution in [-0.4, -0.2) is 45.5 Å². The van der Waals surface area contributed by atoms with Crippen LogP contribution < -0.4 is 0 Å². The first-order chi connectivity index (χ1) is 12.4. The van der Waals surface area contributed by atoms with E-state index in [4.69, 9.17) is 4.42 Å². The second-order valence-electron chi connectivity index (χ2n) is 6.68.